The van der Waals surface area contributed by atoms with Crippen molar-refractivity contribution >= 4 is 11.7 Å². The van der Waals surface area contributed by atoms with Gasteiger partial charge in [0.2, 0.25) is 0 Å². The third-order valence-corrected chi connectivity index (χ3v) is 3.97. The zero-order chi connectivity index (χ0) is 18.9. The molecule has 0 bridgehead atoms. The summed E-state index contributed by atoms with van der Waals surface area (Å²) >= 11 is 0. The summed E-state index contributed by atoms with van der Waals surface area (Å²) in [5.74, 6) is 1.22. The van der Waals surface area contributed by atoms with Crippen molar-refractivity contribution in [2.24, 2.45) is 0 Å². The first kappa shape index (κ1) is 18.3. The first-order chi connectivity index (χ1) is 13.2. The molecular weight excluding hydrogens is 342 g/mol. The lowest BCUT2D eigenvalue weighted by Crippen LogP contribution is -2.24. The highest BCUT2D eigenvalue weighted by atomic mass is 16.5. The Labute approximate surface area is 157 Å². The monoisotopic (exact) mass is 363 g/mol. The summed E-state index contributed by atoms with van der Waals surface area (Å²) in [5.41, 5.74) is 2.45. The number of benzene rings is 1. The molecule has 0 saturated carbocycles. The summed E-state index contributed by atoms with van der Waals surface area (Å²) < 4.78 is 5.15. The van der Waals surface area contributed by atoms with Gasteiger partial charge in [-0.15, -0.1) is 0 Å². The fourth-order valence-electron chi connectivity index (χ4n) is 2.44. The Hall–Kier alpha value is -3.48. The lowest BCUT2D eigenvalue weighted by molar-refractivity contribution is 0.0945. The summed E-state index contributed by atoms with van der Waals surface area (Å²) in [5, 5.41) is 6.01. The molecular formula is C20H21N5O2. The number of pyridine rings is 1. The van der Waals surface area contributed by atoms with Gasteiger partial charge in [0.05, 0.1) is 19.5 Å². The van der Waals surface area contributed by atoms with Gasteiger partial charge in [-0.25, -0.2) is 9.97 Å². The number of ether oxygens (including phenoxy) is 1. The van der Waals surface area contributed by atoms with Crippen molar-refractivity contribution < 1.29 is 9.53 Å². The Balaban J connectivity index is 1.45. The van der Waals surface area contributed by atoms with Crippen LogP contribution in [0, 0.1) is 0 Å². The number of rotatable bonds is 8. The fourth-order valence-corrected chi connectivity index (χ4v) is 2.44. The van der Waals surface area contributed by atoms with Crippen LogP contribution in [0.25, 0.3) is 0 Å². The predicted octanol–water partition coefficient (Wildman–Crippen LogP) is 2.46. The number of methoxy groups -OCH3 is 1. The molecule has 0 saturated heterocycles. The molecule has 0 aliphatic heterocycles. The van der Waals surface area contributed by atoms with Gasteiger partial charge in [-0.3, -0.25) is 9.78 Å². The van der Waals surface area contributed by atoms with Gasteiger partial charge >= 0.3 is 0 Å². The summed E-state index contributed by atoms with van der Waals surface area (Å²) in [6, 6.07) is 11.6. The van der Waals surface area contributed by atoms with Crippen LogP contribution in [0.3, 0.4) is 0 Å². The summed E-state index contributed by atoms with van der Waals surface area (Å²) in [6.45, 7) is 1.14. The lowest BCUT2D eigenvalue weighted by atomic mass is 10.1. The number of amides is 1. The Kier molecular flexibility index (Phi) is 6.30. The van der Waals surface area contributed by atoms with Crippen LogP contribution in [-0.4, -0.2) is 34.5 Å². The molecule has 0 spiro atoms. The molecule has 27 heavy (non-hydrogen) atoms. The van der Waals surface area contributed by atoms with Crippen molar-refractivity contribution in [2.45, 2.75) is 13.0 Å². The zero-order valence-electron chi connectivity index (χ0n) is 15.1. The minimum absolute atomic E-state index is 0.260. The lowest BCUT2D eigenvalue weighted by Gasteiger charge is -2.07. The van der Waals surface area contributed by atoms with Crippen molar-refractivity contribution in [1.29, 1.82) is 0 Å². The molecule has 3 rings (SSSR count). The van der Waals surface area contributed by atoms with Crippen LogP contribution in [0.1, 0.15) is 21.6 Å². The van der Waals surface area contributed by atoms with E-state index in [0.29, 0.717) is 18.9 Å². The van der Waals surface area contributed by atoms with Crippen molar-refractivity contribution in [3.8, 4) is 5.75 Å². The molecule has 7 nitrogen and oxygen atoms in total. The van der Waals surface area contributed by atoms with E-state index < -0.39 is 0 Å². The Morgan fingerprint density at radius 1 is 1.00 bits per heavy atom. The highest BCUT2D eigenvalue weighted by Gasteiger charge is 2.07. The molecule has 1 amide bonds. The van der Waals surface area contributed by atoms with E-state index >= 15 is 0 Å². The molecule has 3 aromatic rings. The van der Waals surface area contributed by atoms with Crippen LogP contribution >= 0.6 is 0 Å². The fraction of sp³-hybridized carbons (Fsp3) is 0.200. The Morgan fingerprint density at radius 2 is 1.78 bits per heavy atom. The van der Waals surface area contributed by atoms with Crippen LogP contribution in [0.5, 0.6) is 5.75 Å². The number of hydrogen-bond acceptors (Lipinski definition) is 6. The van der Waals surface area contributed by atoms with Crippen molar-refractivity contribution in [2.75, 3.05) is 19.0 Å². The Morgan fingerprint density at radius 3 is 2.44 bits per heavy atom. The van der Waals surface area contributed by atoms with Crippen molar-refractivity contribution in [3.05, 3.63) is 78.0 Å². The average molecular weight is 363 g/mol. The molecule has 7 heteroatoms. The number of nitrogens with zero attached hydrogens (tertiary/aromatic N) is 3. The topological polar surface area (TPSA) is 89.0 Å². The highest BCUT2D eigenvalue weighted by molar-refractivity contribution is 5.91. The smallest absolute Gasteiger partial charge is 0.271 e. The van der Waals surface area contributed by atoms with Gasteiger partial charge in [0.1, 0.15) is 17.3 Å². The number of carbonyl (C=O) groups is 1. The van der Waals surface area contributed by atoms with E-state index in [2.05, 4.69) is 25.6 Å². The first-order valence-electron chi connectivity index (χ1n) is 8.60. The molecule has 0 aliphatic rings. The molecule has 0 fully saturated rings. The van der Waals surface area contributed by atoms with Gasteiger partial charge in [-0.2, -0.15) is 0 Å². The van der Waals surface area contributed by atoms with Crippen molar-refractivity contribution in [1.82, 2.24) is 20.3 Å². The Bertz CT molecular complexity index is 852. The van der Waals surface area contributed by atoms with Gasteiger partial charge in [0.15, 0.2) is 0 Å². The number of aromatic nitrogens is 3. The molecule has 2 N–H and O–H groups in total. The molecule has 0 radical (unpaired) electrons. The van der Waals surface area contributed by atoms with Crippen LogP contribution in [-0.2, 0) is 13.0 Å². The third kappa shape index (κ3) is 5.50. The molecule has 0 aliphatic carbocycles. The minimum atomic E-state index is -0.260. The molecule has 138 valence electrons. The number of nitrogens with one attached hydrogen (secondary N) is 2. The minimum Gasteiger partial charge on any atom is -0.497 e. The van der Waals surface area contributed by atoms with Crippen LogP contribution in [0.2, 0.25) is 0 Å². The maximum absolute atomic E-state index is 12.1. The van der Waals surface area contributed by atoms with E-state index in [9.17, 15) is 4.79 Å². The summed E-state index contributed by atoms with van der Waals surface area (Å²) in [6.07, 6.45) is 7.26. The largest absolute Gasteiger partial charge is 0.497 e. The maximum atomic E-state index is 12.1. The SMILES string of the molecule is COc1ccc(CCNc2cnc(C(=O)NCc3ccncc3)cn2)cc1. The number of carbonyl (C=O) groups excluding carboxylic acids is 1. The van der Waals surface area contributed by atoms with Crippen LogP contribution in [0.15, 0.2) is 61.2 Å². The van der Waals surface area contributed by atoms with Gasteiger partial charge in [0.25, 0.3) is 5.91 Å². The van der Waals surface area contributed by atoms with E-state index in [0.717, 1.165) is 17.7 Å². The summed E-state index contributed by atoms with van der Waals surface area (Å²) in [4.78, 5) is 24.5. The predicted molar refractivity (Wildman–Crippen MR) is 103 cm³/mol. The van der Waals surface area contributed by atoms with Crippen LogP contribution < -0.4 is 15.4 Å². The molecule has 1 aromatic carbocycles. The third-order valence-electron chi connectivity index (χ3n) is 3.97. The molecule has 0 unspecified atom stereocenters. The standard InChI is InChI=1S/C20H21N5O2/c1-27-17-4-2-15(3-5-17)8-11-22-19-14-23-18(13-24-19)20(26)25-12-16-6-9-21-10-7-16/h2-7,9-10,13-14H,8,11-12H2,1H3,(H,22,24)(H,25,26). The quantitative estimate of drug-likeness (QED) is 0.639. The van der Waals surface area contributed by atoms with Gasteiger partial charge in [0, 0.05) is 25.5 Å². The van der Waals surface area contributed by atoms with Crippen molar-refractivity contribution in [3.63, 3.8) is 0 Å². The van der Waals surface area contributed by atoms with E-state index in [4.69, 9.17) is 4.74 Å². The van der Waals surface area contributed by atoms with Gasteiger partial charge < -0.3 is 15.4 Å². The number of hydrogen-bond donors (Lipinski definition) is 2. The van der Waals surface area contributed by atoms with E-state index in [-0.39, 0.29) is 11.6 Å². The average Bonchev–Trinajstić information content (AvgIpc) is 2.74. The van der Waals surface area contributed by atoms with Gasteiger partial charge in [-0.1, -0.05) is 12.1 Å². The first-order valence-corrected chi connectivity index (χ1v) is 8.60. The number of anilines is 1. The van der Waals surface area contributed by atoms with Gasteiger partial charge in [-0.05, 0) is 41.8 Å². The second-order valence-electron chi connectivity index (χ2n) is 5.85. The normalized spacial score (nSPS) is 10.3. The highest BCUT2D eigenvalue weighted by Crippen LogP contribution is 2.12. The second-order valence-corrected chi connectivity index (χ2v) is 5.85. The van der Waals surface area contributed by atoms with E-state index in [1.807, 2.05) is 36.4 Å². The van der Waals surface area contributed by atoms with E-state index in [1.165, 1.54) is 11.8 Å². The second kappa shape index (κ2) is 9.28. The molecule has 0 atom stereocenters. The zero-order valence-corrected chi connectivity index (χ0v) is 15.1. The maximum Gasteiger partial charge on any atom is 0.271 e. The van der Waals surface area contributed by atoms with Crippen LogP contribution in [0.4, 0.5) is 5.82 Å². The van der Waals surface area contributed by atoms with E-state index in [1.54, 1.807) is 25.7 Å². The molecule has 2 heterocycles. The summed E-state index contributed by atoms with van der Waals surface area (Å²) in [7, 11) is 1.65. The molecule has 2 aromatic heterocycles.